The van der Waals surface area contributed by atoms with Gasteiger partial charge < -0.3 is 24.4 Å². The monoisotopic (exact) mass is 396 g/mol. The summed E-state index contributed by atoms with van der Waals surface area (Å²) in [6.45, 7) is 4.46. The molecule has 148 valence electrons. The van der Waals surface area contributed by atoms with Gasteiger partial charge in [0.25, 0.3) is 0 Å². The molecule has 0 atom stereocenters. The van der Waals surface area contributed by atoms with Crippen molar-refractivity contribution in [1.29, 1.82) is 0 Å². The number of nitrogens with zero attached hydrogens (tertiary/aromatic N) is 1. The van der Waals surface area contributed by atoms with Crippen LogP contribution < -0.4 is 14.8 Å². The molecule has 2 heterocycles. The Labute approximate surface area is 163 Å². The summed E-state index contributed by atoms with van der Waals surface area (Å²) in [4.78, 5) is 25.8. The van der Waals surface area contributed by atoms with Gasteiger partial charge in [0, 0.05) is 25.6 Å². The van der Waals surface area contributed by atoms with Crippen molar-refractivity contribution in [2.45, 2.75) is 38.6 Å². The summed E-state index contributed by atoms with van der Waals surface area (Å²) in [6.07, 6.45) is 2.16. The Balaban J connectivity index is 1.52. The van der Waals surface area contributed by atoms with Crippen LogP contribution in [0.25, 0.3) is 0 Å². The first-order valence-corrected chi connectivity index (χ1v) is 9.73. The molecular formula is C19H25ClN2O5. The van der Waals surface area contributed by atoms with Crippen molar-refractivity contribution in [2.24, 2.45) is 0 Å². The number of nitrogens with one attached hydrogen (secondary N) is 1. The van der Waals surface area contributed by atoms with Gasteiger partial charge in [-0.25, -0.2) is 4.79 Å². The highest BCUT2D eigenvalue weighted by Crippen LogP contribution is 2.38. The van der Waals surface area contributed by atoms with Crippen molar-refractivity contribution >= 4 is 23.6 Å². The van der Waals surface area contributed by atoms with Crippen LogP contribution >= 0.6 is 11.6 Å². The van der Waals surface area contributed by atoms with Crippen molar-refractivity contribution < 1.29 is 23.8 Å². The van der Waals surface area contributed by atoms with Crippen molar-refractivity contribution in [3.63, 3.8) is 0 Å². The molecule has 1 aromatic rings. The van der Waals surface area contributed by atoms with E-state index in [1.54, 1.807) is 17.9 Å². The highest BCUT2D eigenvalue weighted by Gasteiger charge is 2.25. The summed E-state index contributed by atoms with van der Waals surface area (Å²) < 4.78 is 16.3. The van der Waals surface area contributed by atoms with Gasteiger partial charge >= 0.3 is 6.09 Å². The zero-order valence-corrected chi connectivity index (χ0v) is 16.2. The number of carbonyl (C=O) groups is 2. The van der Waals surface area contributed by atoms with Crippen LogP contribution in [0.1, 0.15) is 31.7 Å². The average Bonchev–Trinajstić information content (AvgIpc) is 2.88. The second-order valence-electron chi connectivity index (χ2n) is 6.66. The number of amides is 2. The molecule has 1 fully saturated rings. The van der Waals surface area contributed by atoms with Crippen LogP contribution in [0.4, 0.5) is 4.79 Å². The van der Waals surface area contributed by atoms with E-state index in [9.17, 15) is 9.59 Å². The molecule has 0 bridgehead atoms. The summed E-state index contributed by atoms with van der Waals surface area (Å²) in [6, 6.07) is 3.62. The minimum atomic E-state index is -0.288. The summed E-state index contributed by atoms with van der Waals surface area (Å²) in [5, 5.41) is 3.50. The number of rotatable bonds is 4. The number of piperidine rings is 1. The van der Waals surface area contributed by atoms with Crippen LogP contribution in [-0.4, -0.2) is 55.9 Å². The highest BCUT2D eigenvalue weighted by molar-refractivity contribution is 6.32. The topological polar surface area (TPSA) is 77.1 Å². The van der Waals surface area contributed by atoms with E-state index < -0.39 is 0 Å². The molecule has 2 aliphatic rings. The first kappa shape index (κ1) is 19.6. The van der Waals surface area contributed by atoms with Crippen LogP contribution in [0.15, 0.2) is 12.1 Å². The van der Waals surface area contributed by atoms with Crippen LogP contribution in [0, 0.1) is 0 Å². The number of likely N-dealkylation sites (tertiary alicyclic amines) is 1. The van der Waals surface area contributed by atoms with Gasteiger partial charge in [-0.3, -0.25) is 4.79 Å². The molecule has 8 heteroatoms. The third-order valence-electron chi connectivity index (χ3n) is 4.61. The Morgan fingerprint density at radius 2 is 2.00 bits per heavy atom. The van der Waals surface area contributed by atoms with Gasteiger partial charge in [0.1, 0.15) is 0 Å². The largest absolute Gasteiger partial charge is 0.489 e. The van der Waals surface area contributed by atoms with E-state index in [0.29, 0.717) is 62.3 Å². The minimum Gasteiger partial charge on any atom is -0.489 e. The average molecular weight is 397 g/mol. The van der Waals surface area contributed by atoms with Crippen molar-refractivity contribution in [2.75, 3.05) is 32.9 Å². The summed E-state index contributed by atoms with van der Waals surface area (Å²) in [5.74, 6) is 1.06. The quantitative estimate of drug-likeness (QED) is 0.846. The van der Waals surface area contributed by atoms with Crippen molar-refractivity contribution in [3.05, 3.63) is 22.7 Å². The summed E-state index contributed by atoms with van der Waals surface area (Å²) in [7, 11) is 0. The first-order valence-electron chi connectivity index (χ1n) is 9.36. The lowest BCUT2D eigenvalue weighted by atomic mass is 10.0. The Kier molecular flexibility index (Phi) is 6.66. The van der Waals surface area contributed by atoms with Crippen molar-refractivity contribution in [1.82, 2.24) is 10.2 Å². The van der Waals surface area contributed by atoms with E-state index in [-0.39, 0.29) is 24.5 Å². The number of carbonyl (C=O) groups excluding carboxylic acids is 2. The van der Waals surface area contributed by atoms with Gasteiger partial charge in [0.2, 0.25) is 5.91 Å². The van der Waals surface area contributed by atoms with Gasteiger partial charge in [0.05, 0.1) is 31.3 Å². The molecule has 0 aromatic heterocycles. The van der Waals surface area contributed by atoms with Gasteiger partial charge in [-0.2, -0.15) is 0 Å². The van der Waals surface area contributed by atoms with E-state index in [1.165, 1.54) is 0 Å². The van der Waals surface area contributed by atoms with Gasteiger partial charge in [0.15, 0.2) is 11.5 Å². The summed E-state index contributed by atoms with van der Waals surface area (Å²) in [5.41, 5.74) is 0.783. The molecule has 1 saturated heterocycles. The number of halogens is 1. The molecule has 27 heavy (non-hydrogen) atoms. The minimum absolute atomic E-state index is 0.0547. The molecule has 1 N–H and O–H groups in total. The second kappa shape index (κ2) is 9.17. The van der Waals surface area contributed by atoms with Crippen LogP contribution in [0.2, 0.25) is 5.02 Å². The molecule has 0 saturated carbocycles. The third kappa shape index (κ3) is 5.19. The molecular weight excluding hydrogens is 372 g/mol. The predicted molar refractivity (Wildman–Crippen MR) is 101 cm³/mol. The zero-order chi connectivity index (χ0) is 19.2. The molecule has 3 rings (SSSR count). The van der Waals surface area contributed by atoms with Gasteiger partial charge in [-0.15, -0.1) is 0 Å². The Morgan fingerprint density at radius 1 is 1.26 bits per heavy atom. The van der Waals surface area contributed by atoms with E-state index in [2.05, 4.69) is 5.32 Å². The molecule has 2 amide bonds. The molecule has 7 nitrogen and oxygen atoms in total. The molecule has 2 aliphatic heterocycles. The maximum absolute atomic E-state index is 12.4. The lowest BCUT2D eigenvalue weighted by Crippen LogP contribution is -2.47. The maximum atomic E-state index is 12.4. The van der Waals surface area contributed by atoms with Crippen molar-refractivity contribution in [3.8, 4) is 11.5 Å². The van der Waals surface area contributed by atoms with Gasteiger partial charge in [-0.1, -0.05) is 11.6 Å². The molecule has 0 radical (unpaired) electrons. The number of hydrogen-bond acceptors (Lipinski definition) is 5. The Hall–Kier alpha value is -2.15. The van der Waals surface area contributed by atoms with Crippen LogP contribution in [0.5, 0.6) is 11.5 Å². The standard InChI is InChI=1S/C19H25ClN2O5/c1-2-25-19(24)22-6-4-14(5-7-22)21-17(23)12-13-10-15(20)18-16(11-13)26-8-3-9-27-18/h10-11,14H,2-9,12H2,1H3,(H,21,23). The smallest absolute Gasteiger partial charge is 0.409 e. The highest BCUT2D eigenvalue weighted by atomic mass is 35.5. The first-order chi connectivity index (χ1) is 13.1. The number of fused-ring (bicyclic) bond motifs is 1. The lowest BCUT2D eigenvalue weighted by Gasteiger charge is -2.31. The molecule has 0 aliphatic carbocycles. The lowest BCUT2D eigenvalue weighted by molar-refractivity contribution is -0.121. The van der Waals surface area contributed by atoms with E-state index in [4.69, 9.17) is 25.8 Å². The zero-order valence-electron chi connectivity index (χ0n) is 15.5. The van der Waals surface area contributed by atoms with Crippen LogP contribution in [-0.2, 0) is 16.0 Å². The second-order valence-corrected chi connectivity index (χ2v) is 7.07. The fourth-order valence-corrected chi connectivity index (χ4v) is 3.56. The SMILES string of the molecule is CCOC(=O)N1CCC(NC(=O)Cc2cc(Cl)c3c(c2)OCCCO3)CC1. The van der Waals surface area contributed by atoms with Crippen LogP contribution in [0.3, 0.4) is 0 Å². The number of ether oxygens (including phenoxy) is 3. The Bertz CT molecular complexity index is 689. The third-order valence-corrected chi connectivity index (χ3v) is 4.89. The van der Waals surface area contributed by atoms with E-state index in [1.807, 2.05) is 6.07 Å². The number of benzene rings is 1. The number of hydrogen-bond donors (Lipinski definition) is 1. The normalized spacial score (nSPS) is 17.2. The molecule has 1 aromatic carbocycles. The fourth-order valence-electron chi connectivity index (χ4n) is 3.27. The summed E-state index contributed by atoms with van der Waals surface area (Å²) >= 11 is 6.28. The molecule has 0 unspecified atom stereocenters. The van der Waals surface area contributed by atoms with E-state index in [0.717, 1.165) is 12.0 Å². The molecule has 0 spiro atoms. The van der Waals surface area contributed by atoms with Gasteiger partial charge in [-0.05, 0) is 37.5 Å². The predicted octanol–water partition coefficient (Wildman–Crippen LogP) is 2.78. The van der Waals surface area contributed by atoms with E-state index >= 15 is 0 Å². The maximum Gasteiger partial charge on any atom is 0.409 e. The fraction of sp³-hybridized carbons (Fsp3) is 0.579. The Morgan fingerprint density at radius 3 is 2.74 bits per heavy atom.